The van der Waals surface area contributed by atoms with Gasteiger partial charge in [0.2, 0.25) is 10.0 Å². The molecule has 10 nitrogen and oxygen atoms in total. The molecule has 0 aromatic heterocycles. The third-order valence-electron chi connectivity index (χ3n) is 8.05. The summed E-state index contributed by atoms with van der Waals surface area (Å²) in [5.74, 6) is 0. The molecule has 3 aromatic rings. The van der Waals surface area contributed by atoms with E-state index in [2.05, 4.69) is 36.9 Å². The number of benzene rings is 3. The molecule has 0 spiro atoms. The van der Waals surface area contributed by atoms with Gasteiger partial charge in [-0.1, -0.05) is 48.5 Å². The lowest BCUT2D eigenvalue weighted by Gasteiger charge is -2.24. The van der Waals surface area contributed by atoms with Gasteiger partial charge in [-0.15, -0.1) is 0 Å². The summed E-state index contributed by atoms with van der Waals surface area (Å²) in [6.07, 6.45) is 3.72. The number of hydrogen-bond donors (Lipinski definition) is 2. The van der Waals surface area contributed by atoms with Crippen LogP contribution in [0.25, 0.3) is 0 Å². The van der Waals surface area contributed by atoms with E-state index >= 15 is 0 Å². The Morgan fingerprint density at radius 1 is 0.795 bits per heavy atom. The third-order valence-corrected chi connectivity index (χ3v) is 9.51. The minimum atomic E-state index is -3.96. The fourth-order valence-electron chi connectivity index (χ4n) is 5.76. The minimum Gasteiger partial charge on any atom is -0.369 e. The number of fused-ring (bicyclic) bond motifs is 2. The van der Waals surface area contributed by atoms with E-state index in [0.717, 1.165) is 69.1 Å². The summed E-state index contributed by atoms with van der Waals surface area (Å²) < 4.78 is 29.2. The maximum atomic E-state index is 13.3. The number of nitrogens with zero attached hydrogens (tertiary/aromatic N) is 4. The number of nitro benzene ring substituents is 1. The normalized spacial score (nSPS) is 13.6. The number of rotatable bonds is 16. The first-order chi connectivity index (χ1) is 21.0. The summed E-state index contributed by atoms with van der Waals surface area (Å²) in [6.45, 7) is 4.42. The van der Waals surface area contributed by atoms with Crippen LogP contribution in [0.15, 0.2) is 71.6 Å². The van der Waals surface area contributed by atoms with Crippen molar-refractivity contribution in [3.05, 3.63) is 99.1 Å². The Balaban J connectivity index is 1.50. The van der Waals surface area contributed by atoms with Crippen molar-refractivity contribution in [3.8, 4) is 0 Å². The molecular weight excluding hydrogens is 576 g/mol. The zero-order valence-corrected chi connectivity index (χ0v) is 27.1. The van der Waals surface area contributed by atoms with E-state index in [1.54, 1.807) is 0 Å². The van der Waals surface area contributed by atoms with Gasteiger partial charge in [0.1, 0.15) is 5.69 Å². The number of sulfonamides is 1. The number of hydrogen-bond acceptors (Lipinski definition) is 8. The molecule has 0 saturated heterocycles. The second-order valence-electron chi connectivity index (χ2n) is 12.0. The molecule has 0 amide bonds. The van der Waals surface area contributed by atoms with E-state index in [0.29, 0.717) is 6.54 Å². The van der Waals surface area contributed by atoms with Crippen molar-refractivity contribution in [1.82, 2.24) is 19.4 Å². The largest absolute Gasteiger partial charge is 0.369 e. The molecule has 0 fully saturated rings. The van der Waals surface area contributed by atoms with Gasteiger partial charge in [0, 0.05) is 19.2 Å². The van der Waals surface area contributed by atoms with E-state index in [4.69, 9.17) is 0 Å². The lowest BCUT2D eigenvalue weighted by atomic mass is 9.94. The van der Waals surface area contributed by atoms with E-state index in [-0.39, 0.29) is 28.9 Å². The van der Waals surface area contributed by atoms with Gasteiger partial charge in [0.05, 0.1) is 15.9 Å². The fourth-order valence-corrected chi connectivity index (χ4v) is 6.81. The highest BCUT2D eigenvalue weighted by molar-refractivity contribution is 7.89. The van der Waals surface area contributed by atoms with Gasteiger partial charge >= 0.3 is 0 Å². The predicted octanol–water partition coefficient (Wildman–Crippen LogP) is 4.38. The van der Waals surface area contributed by atoms with Crippen LogP contribution in [-0.4, -0.2) is 95.5 Å². The second kappa shape index (κ2) is 15.6. The molecule has 4 rings (SSSR count). The molecule has 0 unspecified atom stereocenters. The molecule has 2 N–H and O–H groups in total. The van der Waals surface area contributed by atoms with Crippen LogP contribution in [0.2, 0.25) is 0 Å². The monoisotopic (exact) mass is 622 g/mol. The Morgan fingerprint density at radius 3 is 1.86 bits per heavy atom. The van der Waals surface area contributed by atoms with Gasteiger partial charge in [-0.25, -0.2) is 13.1 Å². The van der Waals surface area contributed by atoms with Crippen molar-refractivity contribution < 1.29 is 13.3 Å². The average Bonchev–Trinajstić information content (AvgIpc) is 3.13. The van der Waals surface area contributed by atoms with Crippen molar-refractivity contribution in [1.29, 1.82) is 0 Å². The second-order valence-corrected chi connectivity index (χ2v) is 13.7. The smallest absolute Gasteiger partial charge is 0.293 e. The lowest BCUT2D eigenvalue weighted by molar-refractivity contribution is -0.384. The molecule has 0 aliphatic heterocycles. The van der Waals surface area contributed by atoms with Gasteiger partial charge in [-0.3, -0.25) is 10.1 Å². The Bertz CT molecular complexity index is 1450. The number of anilines is 1. The van der Waals surface area contributed by atoms with Crippen LogP contribution in [0.4, 0.5) is 11.4 Å². The molecule has 0 heterocycles. The first-order valence-corrected chi connectivity index (χ1v) is 16.8. The van der Waals surface area contributed by atoms with Crippen molar-refractivity contribution in [2.75, 3.05) is 72.8 Å². The molecule has 238 valence electrons. The Morgan fingerprint density at radius 2 is 1.34 bits per heavy atom. The van der Waals surface area contributed by atoms with Crippen LogP contribution in [0.1, 0.15) is 41.1 Å². The molecule has 0 saturated carbocycles. The minimum absolute atomic E-state index is 0.122. The molecule has 0 bridgehead atoms. The Labute approximate surface area is 262 Å². The maximum absolute atomic E-state index is 13.3. The first kappa shape index (κ1) is 33.5. The molecular formula is C33H46N6O4S. The van der Waals surface area contributed by atoms with Gasteiger partial charge in [0.15, 0.2) is 0 Å². The Kier molecular flexibility index (Phi) is 11.9. The highest BCUT2D eigenvalue weighted by atomic mass is 32.2. The SMILES string of the molecule is CN(C)CCCN(CCCN(C)C)CCNS(=O)(=O)c1ccc(NC2c3ccccc3CCc3ccccc32)c([N+](=O)[O-])c1. The predicted molar refractivity (Wildman–Crippen MR) is 177 cm³/mol. The summed E-state index contributed by atoms with van der Waals surface area (Å²) in [6, 6.07) is 20.1. The maximum Gasteiger partial charge on any atom is 0.293 e. The summed E-state index contributed by atoms with van der Waals surface area (Å²) in [5.41, 5.74) is 4.49. The summed E-state index contributed by atoms with van der Waals surface area (Å²) in [5, 5.41) is 15.6. The van der Waals surface area contributed by atoms with E-state index in [9.17, 15) is 18.5 Å². The van der Waals surface area contributed by atoms with Crippen molar-refractivity contribution in [2.24, 2.45) is 0 Å². The summed E-state index contributed by atoms with van der Waals surface area (Å²) in [4.78, 5) is 18.1. The van der Waals surface area contributed by atoms with E-state index < -0.39 is 14.9 Å². The zero-order chi connectivity index (χ0) is 31.7. The van der Waals surface area contributed by atoms with Crippen LogP contribution < -0.4 is 10.0 Å². The average molecular weight is 623 g/mol. The molecule has 1 aliphatic carbocycles. The van der Waals surface area contributed by atoms with Crippen LogP contribution in [0, 0.1) is 10.1 Å². The molecule has 0 atom stereocenters. The van der Waals surface area contributed by atoms with E-state index in [1.807, 2.05) is 64.6 Å². The van der Waals surface area contributed by atoms with Crippen LogP contribution in [0.3, 0.4) is 0 Å². The number of nitro groups is 1. The summed E-state index contributed by atoms with van der Waals surface area (Å²) >= 11 is 0. The highest BCUT2D eigenvalue weighted by Crippen LogP contribution is 2.38. The van der Waals surface area contributed by atoms with Crippen molar-refractivity contribution in [2.45, 2.75) is 36.6 Å². The lowest BCUT2D eigenvalue weighted by Crippen LogP contribution is -2.37. The summed E-state index contributed by atoms with van der Waals surface area (Å²) in [7, 11) is 4.20. The molecule has 0 radical (unpaired) electrons. The van der Waals surface area contributed by atoms with Gasteiger partial charge in [0.25, 0.3) is 5.69 Å². The van der Waals surface area contributed by atoms with Crippen LogP contribution in [0.5, 0.6) is 0 Å². The van der Waals surface area contributed by atoms with E-state index in [1.165, 1.54) is 23.3 Å². The molecule has 1 aliphatic rings. The molecule has 44 heavy (non-hydrogen) atoms. The standard InChI is InChI=1S/C33H46N6O4S/c1-36(2)20-9-22-38(23-10-21-37(3)4)24-19-34-44(42,43)28-17-18-31(32(25-28)39(40)41)35-33-29-13-7-5-11-26(29)15-16-27-12-6-8-14-30(27)33/h5-8,11-14,17-18,25,33-35H,9-10,15-16,19-24H2,1-4H3. The Hall–Kier alpha value is -3.35. The van der Waals surface area contributed by atoms with Crippen molar-refractivity contribution >= 4 is 21.4 Å². The van der Waals surface area contributed by atoms with Gasteiger partial charge in [-0.05, 0) is 114 Å². The number of nitrogens with one attached hydrogen (secondary N) is 2. The highest BCUT2D eigenvalue weighted by Gasteiger charge is 2.27. The van der Waals surface area contributed by atoms with Crippen LogP contribution >= 0.6 is 0 Å². The quantitative estimate of drug-likeness (QED) is 0.179. The van der Waals surface area contributed by atoms with Crippen molar-refractivity contribution in [3.63, 3.8) is 0 Å². The molecule has 11 heteroatoms. The first-order valence-electron chi connectivity index (χ1n) is 15.3. The fraction of sp³-hybridized carbons (Fsp3) is 0.455. The topological polar surface area (TPSA) is 111 Å². The van der Waals surface area contributed by atoms with Crippen LogP contribution in [-0.2, 0) is 22.9 Å². The third kappa shape index (κ3) is 9.09. The number of aryl methyl sites for hydroxylation is 2. The van der Waals surface area contributed by atoms with Gasteiger partial charge in [-0.2, -0.15) is 0 Å². The zero-order valence-electron chi connectivity index (χ0n) is 26.3. The van der Waals surface area contributed by atoms with Gasteiger partial charge < -0.3 is 20.0 Å². The molecule has 3 aromatic carbocycles.